The van der Waals surface area contributed by atoms with Crippen LogP contribution in [0, 0.1) is 0 Å². The molecule has 126 valence electrons. The molecule has 23 heavy (non-hydrogen) atoms. The maximum atomic E-state index is 12.5. The molecule has 1 saturated heterocycles. The van der Waals surface area contributed by atoms with E-state index in [0.29, 0.717) is 26.2 Å². The predicted molar refractivity (Wildman–Crippen MR) is 87.8 cm³/mol. The monoisotopic (exact) mass is 319 g/mol. The van der Waals surface area contributed by atoms with E-state index in [4.69, 9.17) is 10.5 Å². The van der Waals surface area contributed by atoms with Crippen LogP contribution in [0.25, 0.3) is 0 Å². The smallest absolute Gasteiger partial charge is 0.410 e. The molecule has 6 nitrogen and oxygen atoms in total. The second kappa shape index (κ2) is 7.00. The van der Waals surface area contributed by atoms with Gasteiger partial charge in [0.1, 0.15) is 11.6 Å². The highest BCUT2D eigenvalue weighted by atomic mass is 16.6. The summed E-state index contributed by atoms with van der Waals surface area (Å²) in [6.45, 7) is 7.37. The molecular weight excluding hydrogens is 294 g/mol. The quantitative estimate of drug-likeness (QED) is 0.901. The summed E-state index contributed by atoms with van der Waals surface area (Å²) in [6, 6.07) is 8.65. The van der Waals surface area contributed by atoms with Crippen LogP contribution in [-0.4, -0.2) is 53.6 Å². The van der Waals surface area contributed by atoms with Gasteiger partial charge < -0.3 is 20.3 Å². The Kier molecular flexibility index (Phi) is 5.26. The minimum Gasteiger partial charge on any atom is -0.444 e. The summed E-state index contributed by atoms with van der Waals surface area (Å²) in [6.07, 6.45) is -0.336. The van der Waals surface area contributed by atoms with Crippen molar-refractivity contribution in [3.05, 3.63) is 35.9 Å². The molecule has 1 heterocycles. The van der Waals surface area contributed by atoms with Crippen molar-refractivity contribution in [2.75, 3.05) is 26.2 Å². The molecule has 1 fully saturated rings. The molecule has 1 aromatic rings. The van der Waals surface area contributed by atoms with E-state index in [-0.39, 0.29) is 12.0 Å². The van der Waals surface area contributed by atoms with Gasteiger partial charge in [0.25, 0.3) is 0 Å². The average molecular weight is 319 g/mol. The minimum absolute atomic E-state index is 0.111. The number of piperazine rings is 1. The Balaban J connectivity index is 1.89. The van der Waals surface area contributed by atoms with Crippen LogP contribution >= 0.6 is 0 Å². The second-order valence-corrected chi connectivity index (χ2v) is 6.68. The van der Waals surface area contributed by atoms with Crippen LogP contribution in [0.15, 0.2) is 30.3 Å². The zero-order valence-electron chi connectivity index (χ0n) is 14.0. The summed E-state index contributed by atoms with van der Waals surface area (Å²) >= 11 is 0. The van der Waals surface area contributed by atoms with Crippen LogP contribution in [0.4, 0.5) is 4.79 Å². The van der Waals surface area contributed by atoms with Gasteiger partial charge in [-0.05, 0) is 26.3 Å². The zero-order valence-corrected chi connectivity index (χ0v) is 14.0. The van der Waals surface area contributed by atoms with Crippen LogP contribution < -0.4 is 5.73 Å². The van der Waals surface area contributed by atoms with Crippen LogP contribution in [0.2, 0.25) is 0 Å². The number of hydrogen-bond acceptors (Lipinski definition) is 4. The van der Waals surface area contributed by atoms with Crippen LogP contribution in [-0.2, 0) is 9.53 Å². The molecule has 0 aliphatic carbocycles. The molecule has 2 rings (SSSR count). The van der Waals surface area contributed by atoms with Crippen molar-refractivity contribution < 1.29 is 14.3 Å². The standard InChI is InChI=1S/C17H25N3O3/c1-17(2,3)23-16(22)20-11-9-19(10-12-20)15(21)14(18)13-7-5-4-6-8-13/h4-8,14H,9-12,18H2,1-3H3. The molecule has 2 N–H and O–H groups in total. The van der Waals surface area contributed by atoms with Gasteiger partial charge in [-0.15, -0.1) is 0 Å². The summed E-state index contributed by atoms with van der Waals surface area (Å²) in [4.78, 5) is 27.8. The molecule has 1 aliphatic heterocycles. The first-order valence-corrected chi connectivity index (χ1v) is 7.85. The van der Waals surface area contributed by atoms with Gasteiger partial charge >= 0.3 is 6.09 Å². The normalized spacial score (nSPS) is 16.9. The number of benzene rings is 1. The number of amides is 2. The average Bonchev–Trinajstić information content (AvgIpc) is 2.53. The SMILES string of the molecule is CC(C)(C)OC(=O)N1CCN(C(=O)C(N)c2ccccc2)CC1. The lowest BCUT2D eigenvalue weighted by Crippen LogP contribution is -2.53. The lowest BCUT2D eigenvalue weighted by atomic mass is 10.1. The van der Waals surface area contributed by atoms with Gasteiger partial charge in [-0.3, -0.25) is 4.79 Å². The van der Waals surface area contributed by atoms with E-state index in [0.717, 1.165) is 5.56 Å². The topological polar surface area (TPSA) is 75.9 Å². The van der Waals surface area contributed by atoms with E-state index < -0.39 is 11.6 Å². The van der Waals surface area contributed by atoms with Crippen molar-refractivity contribution in [1.29, 1.82) is 0 Å². The number of hydrogen-bond donors (Lipinski definition) is 1. The van der Waals surface area contributed by atoms with E-state index in [2.05, 4.69) is 0 Å². The highest BCUT2D eigenvalue weighted by molar-refractivity contribution is 5.83. The summed E-state index contributed by atoms with van der Waals surface area (Å²) in [5, 5.41) is 0. The molecule has 0 saturated carbocycles. The minimum atomic E-state index is -0.663. The van der Waals surface area contributed by atoms with Crippen molar-refractivity contribution in [1.82, 2.24) is 9.80 Å². The third kappa shape index (κ3) is 4.69. The van der Waals surface area contributed by atoms with E-state index in [1.807, 2.05) is 51.1 Å². The first kappa shape index (κ1) is 17.3. The molecule has 1 atom stereocenters. The number of nitrogens with two attached hydrogens (primary N) is 1. The number of carbonyl (C=O) groups excluding carboxylic acids is 2. The molecule has 2 amide bonds. The molecule has 1 unspecified atom stereocenters. The van der Waals surface area contributed by atoms with Gasteiger partial charge in [0.15, 0.2) is 0 Å². The second-order valence-electron chi connectivity index (χ2n) is 6.68. The van der Waals surface area contributed by atoms with Gasteiger partial charge in [0.05, 0.1) is 0 Å². The fraction of sp³-hybridized carbons (Fsp3) is 0.529. The molecular formula is C17H25N3O3. The Hall–Kier alpha value is -2.08. The van der Waals surface area contributed by atoms with Crippen molar-refractivity contribution in [2.45, 2.75) is 32.4 Å². The summed E-state index contributed by atoms with van der Waals surface area (Å²) in [5.74, 6) is -0.111. The molecule has 0 spiro atoms. The number of rotatable bonds is 2. The maximum absolute atomic E-state index is 12.5. The predicted octanol–water partition coefficient (Wildman–Crippen LogP) is 1.77. The molecule has 1 aromatic carbocycles. The van der Waals surface area contributed by atoms with E-state index in [9.17, 15) is 9.59 Å². The van der Waals surface area contributed by atoms with Gasteiger partial charge in [-0.1, -0.05) is 30.3 Å². The van der Waals surface area contributed by atoms with Crippen molar-refractivity contribution >= 4 is 12.0 Å². The highest BCUT2D eigenvalue weighted by Crippen LogP contribution is 2.16. The third-order valence-corrected chi connectivity index (χ3v) is 3.67. The van der Waals surface area contributed by atoms with Crippen molar-refractivity contribution in [3.63, 3.8) is 0 Å². The molecule has 1 aliphatic rings. The van der Waals surface area contributed by atoms with Crippen molar-refractivity contribution in [3.8, 4) is 0 Å². The largest absolute Gasteiger partial charge is 0.444 e. The Bertz CT molecular complexity index is 546. The molecule has 0 radical (unpaired) electrons. The third-order valence-electron chi connectivity index (χ3n) is 3.67. The fourth-order valence-corrected chi connectivity index (χ4v) is 2.44. The Morgan fingerprint density at radius 1 is 1.04 bits per heavy atom. The maximum Gasteiger partial charge on any atom is 0.410 e. The molecule has 6 heteroatoms. The lowest BCUT2D eigenvalue weighted by molar-refractivity contribution is -0.134. The van der Waals surface area contributed by atoms with E-state index in [1.165, 1.54) is 0 Å². The number of ether oxygens (including phenoxy) is 1. The van der Waals surface area contributed by atoms with Crippen LogP contribution in [0.3, 0.4) is 0 Å². The molecule has 0 bridgehead atoms. The summed E-state index contributed by atoms with van der Waals surface area (Å²) in [5.41, 5.74) is 6.33. The first-order chi connectivity index (χ1) is 10.8. The van der Waals surface area contributed by atoms with Gasteiger partial charge in [0, 0.05) is 26.2 Å². The Labute approximate surface area is 137 Å². The van der Waals surface area contributed by atoms with Crippen molar-refractivity contribution in [2.24, 2.45) is 5.73 Å². The highest BCUT2D eigenvalue weighted by Gasteiger charge is 2.29. The Morgan fingerprint density at radius 3 is 2.09 bits per heavy atom. The number of carbonyl (C=O) groups is 2. The summed E-state index contributed by atoms with van der Waals surface area (Å²) < 4.78 is 5.35. The van der Waals surface area contributed by atoms with E-state index >= 15 is 0 Å². The van der Waals surface area contributed by atoms with Gasteiger partial charge in [0.2, 0.25) is 5.91 Å². The lowest BCUT2D eigenvalue weighted by Gasteiger charge is -2.36. The fourth-order valence-electron chi connectivity index (χ4n) is 2.44. The summed E-state index contributed by atoms with van der Waals surface area (Å²) in [7, 11) is 0. The Morgan fingerprint density at radius 2 is 1.57 bits per heavy atom. The zero-order chi connectivity index (χ0) is 17.0. The van der Waals surface area contributed by atoms with Crippen LogP contribution in [0.1, 0.15) is 32.4 Å². The van der Waals surface area contributed by atoms with Gasteiger partial charge in [-0.25, -0.2) is 4.79 Å². The first-order valence-electron chi connectivity index (χ1n) is 7.85. The van der Waals surface area contributed by atoms with Crippen LogP contribution in [0.5, 0.6) is 0 Å². The molecule has 0 aromatic heterocycles. The van der Waals surface area contributed by atoms with E-state index in [1.54, 1.807) is 9.80 Å². The van der Waals surface area contributed by atoms with Gasteiger partial charge in [-0.2, -0.15) is 0 Å². The number of nitrogens with zero attached hydrogens (tertiary/aromatic N) is 2.